The second-order valence-electron chi connectivity index (χ2n) is 16.7. The molecule has 0 heterocycles. The van der Waals surface area contributed by atoms with Crippen LogP contribution in [-0.2, 0) is 28.6 Å². The van der Waals surface area contributed by atoms with E-state index in [1.54, 1.807) is 0 Å². The highest BCUT2D eigenvalue weighted by molar-refractivity contribution is 5.71. The number of carbonyl (C=O) groups is 3. The summed E-state index contributed by atoms with van der Waals surface area (Å²) in [4.78, 5) is 37.9. The maximum atomic E-state index is 12.8. The van der Waals surface area contributed by atoms with E-state index in [9.17, 15) is 14.4 Å². The smallest absolute Gasteiger partial charge is 0.306 e. The van der Waals surface area contributed by atoms with Crippen LogP contribution in [0.5, 0.6) is 0 Å². The van der Waals surface area contributed by atoms with E-state index in [1.165, 1.54) is 109 Å². The monoisotopic (exact) mass is 863 g/mol. The molecule has 0 aromatic heterocycles. The quantitative estimate of drug-likeness (QED) is 0.0263. The first-order valence-corrected chi connectivity index (χ1v) is 25.6. The van der Waals surface area contributed by atoms with E-state index in [2.05, 4.69) is 99.8 Å². The Kier molecular flexibility index (Phi) is 47.5. The molecule has 0 aromatic rings. The Hall–Kier alpha value is -3.41. The lowest BCUT2D eigenvalue weighted by atomic mass is 10.1. The van der Waals surface area contributed by atoms with E-state index >= 15 is 0 Å². The van der Waals surface area contributed by atoms with Crippen LogP contribution >= 0.6 is 0 Å². The van der Waals surface area contributed by atoms with Gasteiger partial charge in [-0.2, -0.15) is 0 Å². The molecular formula is C56H94O6. The Morgan fingerprint density at radius 3 is 1.10 bits per heavy atom. The predicted octanol–water partition coefficient (Wildman–Crippen LogP) is 16.8. The van der Waals surface area contributed by atoms with Crippen molar-refractivity contribution in [3.05, 3.63) is 85.1 Å². The molecule has 354 valence electrons. The molecular weight excluding hydrogens is 769 g/mol. The van der Waals surface area contributed by atoms with Gasteiger partial charge in [0.25, 0.3) is 0 Å². The summed E-state index contributed by atoms with van der Waals surface area (Å²) in [6.45, 7) is 6.47. The van der Waals surface area contributed by atoms with Gasteiger partial charge in [-0.1, -0.05) is 196 Å². The van der Waals surface area contributed by atoms with Crippen molar-refractivity contribution < 1.29 is 28.6 Å². The van der Waals surface area contributed by atoms with Crippen LogP contribution in [0.15, 0.2) is 85.1 Å². The van der Waals surface area contributed by atoms with Gasteiger partial charge in [-0.25, -0.2) is 0 Å². The summed E-state index contributed by atoms with van der Waals surface area (Å²) in [7, 11) is 0. The molecule has 0 bridgehead atoms. The molecule has 0 aliphatic rings. The standard InChI is InChI=1S/C56H94O6/c1-4-7-10-13-16-19-22-25-27-28-29-32-34-37-40-43-46-49-55(58)61-52-53(51-60-54(57)48-45-42-39-36-33-30-24-21-18-15-12-9-6-3)62-56(59)50-47-44-41-38-35-31-26-23-20-17-14-11-8-5-2/h16,19,25,27,29-33,35,37,39-40,42,53H,4-15,17-18,20-24,26,28,34,36,38,41,43-52H2,1-3H3/b19-16+,27-25+,32-29+,33-30+,35-31+,40-37+,42-39+. The summed E-state index contributed by atoms with van der Waals surface area (Å²) >= 11 is 0. The van der Waals surface area contributed by atoms with Gasteiger partial charge in [0.2, 0.25) is 0 Å². The number of allylic oxidation sites excluding steroid dienone is 14. The lowest BCUT2D eigenvalue weighted by molar-refractivity contribution is -0.166. The zero-order valence-electron chi connectivity index (χ0n) is 40.4. The summed E-state index contributed by atoms with van der Waals surface area (Å²) in [5.74, 6) is -1.07. The molecule has 1 unspecified atom stereocenters. The Balaban J connectivity index is 4.56. The molecule has 0 fully saturated rings. The minimum atomic E-state index is -0.828. The number of rotatable bonds is 45. The first-order chi connectivity index (χ1) is 30.5. The van der Waals surface area contributed by atoms with Crippen LogP contribution in [0.25, 0.3) is 0 Å². The lowest BCUT2D eigenvalue weighted by Crippen LogP contribution is -2.30. The highest BCUT2D eigenvalue weighted by Crippen LogP contribution is 2.12. The van der Waals surface area contributed by atoms with Crippen LogP contribution in [0.1, 0.15) is 233 Å². The molecule has 0 aliphatic carbocycles. The SMILES string of the molecule is CCCCC/C=C/C/C=C/C/C=C/C/C=C/CCCC(=O)OCC(COC(=O)CC/C=C/C/C=C/CCCCCCCC)OC(=O)CCCCC/C=C/CCCCCCCCC. The van der Waals surface area contributed by atoms with Gasteiger partial charge in [0.05, 0.1) is 0 Å². The number of esters is 3. The molecule has 62 heavy (non-hydrogen) atoms. The summed E-state index contributed by atoms with van der Waals surface area (Å²) in [5.41, 5.74) is 0. The van der Waals surface area contributed by atoms with Crippen molar-refractivity contribution in [2.75, 3.05) is 13.2 Å². The number of unbranched alkanes of at least 4 members (excludes halogenated alkanes) is 20. The number of hydrogen-bond acceptors (Lipinski definition) is 6. The van der Waals surface area contributed by atoms with Crippen LogP contribution in [0, 0.1) is 0 Å². The molecule has 6 nitrogen and oxygen atoms in total. The highest BCUT2D eigenvalue weighted by Gasteiger charge is 2.19. The van der Waals surface area contributed by atoms with Gasteiger partial charge in [-0.3, -0.25) is 14.4 Å². The summed E-state index contributed by atoms with van der Waals surface area (Å²) in [5, 5.41) is 0. The molecule has 0 amide bonds. The molecule has 0 N–H and O–H groups in total. The fraction of sp³-hybridized carbons (Fsp3) is 0.696. The summed E-state index contributed by atoms with van der Waals surface area (Å²) < 4.78 is 16.7. The Morgan fingerprint density at radius 2 is 0.629 bits per heavy atom. The average Bonchev–Trinajstić information content (AvgIpc) is 3.27. The van der Waals surface area contributed by atoms with Crippen molar-refractivity contribution in [2.24, 2.45) is 0 Å². The molecule has 0 radical (unpaired) electrons. The largest absolute Gasteiger partial charge is 0.462 e. The zero-order valence-corrected chi connectivity index (χ0v) is 40.4. The van der Waals surface area contributed by atoms with Gasteiger partial charge < -0.3 is 14.2 Å². The minimum absolute atomic E-state index is 0.128. The summed E-state index contributed by atoms with van der Waals surface area (Å²) in [6, 6.07) is 0. The van der Waals surface area contributed by atoms with Crippen molar-refractivity contribution in [3.8, 4) is 0 Å². The number of carbonyl (C=O) groups excluding carboxylic acids is 3. The van der Waals surface area contributed by atoms with Crippen molar-refractivity contribution in [1.29, 1.82) is 0 Å². The highest BCUT2D eigenvalue weighted by atomic mass is 16.6. The van der Waals surface area contributed by atoms with Crippen LogP contribution in [-0.4, -0.2) is 37.2 Å². The van der Waals surface area contributed by atoms with E-state index in [0.29, 0.717) is 12.8 Å². The normalized spacial score (nSPS) is 12.8. The maximum absolute atomic E-state index is 12.8. The molecule has 0 aliphatic heterocycles. The molecule has 6 heteroatoms. The fourth-order valence-corrected chi connectivity index (χ4v) is 6.72. The first kappa shape index (κ1) is 58.6. The Labute approximate surface area is 382 Å². The van der Waals surface area contributed by atoms with E-state index in [4.69, 9.17) is 14.2 Å². The van der Waals surface area contributed by atoms with Gasteiger partial charge in [-0.15, -0.1) is 0 Å². The molecule has 0 saturated heterocycles. The van der Waals surface area contributed by atoms with Crippen molar-refractivity contribution >= 4 is 17.9 Å². The minimum Gasteiger partial charge on any atom is -0.462 e. The molecule has 0 rings (SSSR count). The molecule has 0 saturated carbocycles. The van der Waals surface area contributed by atoms with Gasteiger partial charge in [0.15, 0.2) is 6.10 Å². The van der Waals surface area contributed by atoms with Crippen LogP contribution in [0.2, 0.25) is 0 Å². The van der Waals surface area contributed by atoms with Gasteiger partial charge >= 0.3 is 17.9 Å². The number of ether oxygens (including phenoxy) is 3. The third kappa shape index (κ3) is 47.6. The molecule has 0 spiro atoms. The van der Waals surface area contributed by atoms with Crippen LogP contribution in [0.3, 0.4) is 0 Å². The third-order valence-corrected chi connectivity index (χ3v) is 10.6. The predicted molar refractivity (Wildman–Crippen MR) is 265 cm³/mol. The van der Waals surface area contributed by atoms with Crippen LogP contribution in [0.4, 0.5) is 0 Å². The average molecular weight is 863 g/mol. The van der Waals surface area contributed by atoms with E-state index in [0.717, 1.165) is 70.6 Å². The van der Waals surface area contributed by atoms with Gasteiger partial charge in [0.1, 0.15) is 13.2 Å². The number of hydrogen-bond donors (Lipinski definition) is 0. The van der Waals surface area contributed by atoms with Gasteiger partial charge in [0, 0.05) is 19.3 Å². The molecule has 1 atom stereocenters. The topological polar surface area (TPSA) is 78.9 Å². The van der Waals surface area contributed by atoms with E-state index < -0.39 is 6.10 Å². The van der Waals surface area contributed by atoms with Crippen molar-refractivity contribution in [2.45, 2.75) is 239 Å². The van der Waals surface area contributed by atoms with Crippen molar-refractivity contribution in [3.63, 3.8) is 0 Å². The van der Waals surface area contributed by atoms with Gasteiger partial charge in [-0.05, 0) is 103 Å². The van der Waals surface area contributed by atoms with E-state index in [-0.39, 0.29) is 50.4 Å². The third-order valence-electron chi connectivity index (χ3n) is 10.6. The second kappa shape index (κ2) is 50.2. The first-order valence-electron chi connectivity index (χ1n) is 25.6. The zero-order chi connectivity index (χ0) is 45.1. The van der Waals surface area contributed by atoms with Crippen molar-refractivity contribution in [1.82, 2.24) is 0 Å². The fourth-order valence-electron chi connectivity index (χ4n) is 6.72. The van der Waals surface area contributed by atoms with Crippen LogP contribution < -0.4 is 0 Å². The molecule has 0 aromatic carbocycles. The Morgan fingerprint density at radius 1 is 0.323 bits per heavy atom. The Bertz CT molecular complexity index is 1220. The maximum Gasteiger partial charge on any atom is 0.306 e. The second-order valence-corrected chi connectivity index (χ2v) is 16.7. The van der Waals surface area contributed by atoms with E-state index in [1.807, 2.05) is 6.08 Å². The lowest BCUT2D eigenvalue weighted by Gasteiger charge is -2.18. The summed E-state index contributed by atoms with van der Waals surface area (Å²) in [6.07, 6.45) is 64.4.